The number of alkyl carbamates (subject to hydrolysis) is 1. The summed E-state index contributed by atoms with van der Waals surface area (Å²) < 4.78 is 11.7. The van der Waals surface area contributed by atoms with Crippen LogP contribution in [0.3, 0.4) is 0 Å². The van der Waals surface area contributed by atoms with Crippen molar-refractivity contribution in [3.63, 3.8) is 0 Å². The Morgan fingerprint density at radius 1 is 0.816 bits per heavy atom. The third-order valence-electron chi connectivity index (χ3n) is 14.4. The smallest absolute Gasteiger partial charge is 0.408 e. The lowest BCUT2D eigenvalue weighted by Crippen LogP contribution is -2.57. The Hall–Kier alpha value is -5.92. The molecule has 7 amide bonds. The number of hydrogen-bond acceptors (Lipinski definition) is 12. The van der Waals surface area contributed by atoms with E-state index in [0.29, 0.717) is 32.2 Å². The van der Waals surface area contributed by atoms with Gasteiger partial charge in [0.2, 0.25) is 35.4 Å². The van der Waals surface area contributed by atoms with Gasteiger partial charge >= 0.3 is 6.09 Å². The normalized spacial score (nSPS) is 20.8. The summed E-state index contributed by atoms with van der Waals surface area (Å²) in [4.78, 5) is 102. The van der Waals surface area contributed by atoms with E-state index in [9.17, 15) is 38.7 Å². The zero-order chi connectivity index (χ0) is 55.6. The maximum Gasteiger partial charge on any atom is 0.408 e. The van der Waals surface area contributed by atoms with Gasteiger partial charge in [-0.1, -0.05) is 83.1 Å². The van der Waals surface area contributed by atoms with Crippen LogP contribution < -0.4 is 27.0 Å². The van der Waals surface area contributed by atoms with Crippen LogP contribution >= 0.6 is 11.3 Å². The molecule has 7 N–H and O–H groups in total. The van der Waals surface area contributed by atoms with Crippen LogP contribution in [0.2, 0.25) is 0 Å². The van der Waals surface area contributed by atoms with Gasteiger partial charge in [-0.15, -0.1) is 11.3 Å². The predicted molar refractivity (Wildman–Crippen MR) is 290 cm³/mol. The molecule has 2 saturated heterocycles. The number of amides is 7. The van der Waals surface area contributed by atoms with E-state index >= 15 is 0 Å². The highest BCUT2D eigenvalue weighted by Crippen LogP contribution is 2.50. The highest BCUT2D eigenvalue weighted by Gasteiger charge is 2.58. The summed E-state index contributed by atoms with van der Waals surface area (Å²) in [6.07, 6.45) is 1.68. The number of unbranched alkanes of at least 4 members (excludes halogenated alkanes) is 1. The van der Waals surface area contributed by atoms with E-state index in [1.807, 2.05) is 103 Å². The van der Waals surface area contributed by atoms with E-state index in [1.54, 1.807) is 37.0 Å². The number of fused-ring (bicyclic) bond motifs is 1. The van der Waals surface area contributed by atoms with Crippen molar-refractivity contribution in [1.82, 2.24) is 36.1 Å². The molecular weight excluding hydrogens is 989 g/mol. The molecule has 3 fully saturated rings. The quantitative estimate of drug-likeness (QED) is 0.0561. The number of nitrogens with zero attached hydrogens (tertiary/aromatic N) is 3. The molecule has 1 saturated carbocycles. The van der Waals surface area contributed by atoms with Crippen LogP contribution in [-0.4, -0.2) is 123 Å². The van der Waals surface area contributed by atoms with E-state index in [4.69, 9.17) is 15.2 Å². The molecule has 0 spiro atoms. The number of nitrogens with two attached hydrogens (primary N) is 1. The van der Waals surface area contributed by atoms with E-state index in [-0.39, 0.29) is 86.8 Å². The van der Waals surface area contributed by atoms with E-state index in [2.05, 4.69) is 26.3 Å². The van der Waals surface area contributed by atoms with E-state index in [0.717, 1.165) is 39.2 Å². The second kappa shape index (κ2) is 25.9. The molecular formula is C57H82N8O10S. The highest BCUT2D eigenvalue weighted by molar-refractivity contribution is 7.13. The number of hydrogen-bond donors (Lipinski definition) is 6. The molecule has 2 aromatic carbocycles. The van der Waals surface area contributed by atoms with Crippen LogP contribution in [0.4, 0.5) is 4.79 Å². The van der Waals surface area contributed by atoms with Crippen molar-refractivity contribution in [3.8, 4) is 10.4 Å². The molecule has 3 heterocycles. The molecule has 9 atom stereocenters. The summed E-state index contributed by atoms with van der Waals surface area (Å²) in [6.45, 7) is 19.4. The molecule has 76 heavy (non-hydrogen) atoms. The summed E-state index contributed by atoms with van der Waals surface area (Å²) in [5.41, 5.74) is 10.8. The fourth-order valence-corrected chi connectivity index (χ4v) is 10.9. The molecule has 0 bridgehead atoms. The minimum atomic E-state index is -0.918. The average molecular weight is 1070 g/mol. The van der Waals surface area contributed by atoms with Gasteiger partial charge in [0, 0.05) is 38.9 Å². The number of likely N-dealkylation sites (tertiary alicyclic amines) is 2. The van der Waals surface area contributed by atoms with Gasteiger partial charge in [-0.25, -0.2) is 9.78 Å². The van der Waals surface area contributed by atoms with Gasteiger partial charge in [-0.05, 0) is 119 Å². The number of aliphatic hydroxyl groups is 1. The molecule has 18 nitrogen and oxygen atoms in total. The lowest BCUT2D eigenvalue weighted by Gasteiger charge is -2.35. The first kappa shape index (κ1) is 59.3. The molecule has 0 radical (unpaired) electrons. The van der Waals surface area contributed by atoms with Crippen molar-refractivity contribution >= 4 is 52.9 Å². The number of benzene rings is 2. The fourth-order valence-electron chi connectivity index (χ4n) is 10.1. The first-order chi connectivity index (χ1) is 35.8. The zero-order valence-electron chi connectivity index (χ0n) is 46.1. The number of aryl methyl sites for hydroxylation is 2. The Kier molecular flexibility index (Phi) is 20.3. The van der Waals surface area contributed by atoms with Crippen molar-refractivity contribution in [2.45, 2.75) is 188 Å². The standard InChI is InChI=1S/C57H82N8O10S/c1-33(2)25-44(62-55(73)75-57(8,9)10)53(71)65-29-40-26-42(40)48(65)52(70)61-43(23-24-46(58)67)35(4)74-31-38-17-15-36(16-18-38)13-11-12-14-47(68)63-50(56(5,6)7)54(72)64-30-41(66)27-45(64)51(69)59-28-37-19-21-39(22-20-37)49-34(3)60-32-76-49/h15-22,32-33,35,40-45,48,50,66H,11-14,23-31H2,1-10H3,(H2,58,67)(H,59,69)(H,61,70)(H,62,73)(H,63,68)/t35-,40-,41-,42-,43+,44+,45+,48+,50-/m1/s1. The topological polar surface area (TPSA) is 252 Å². The number of β-amino-alcohol motifs (C(OH)–C–C–N with tert-alkyl or cyclic N) is 1. The number of aromatic nitrogens is 1. The van der Waals surface area contributed by atoms with Crippen molar-refractivity contribution in [2.24, 2.45) is 28.9 Å². The van der Waals surface area contributed by atoms with Gasteiger partial charge in [0.05, 0.1) is 40.9 Å². The Balaban J connectivity index is 0.958. The summed E-state index contributed by atoms with van der Waals surface area (Å²) in [5.74, 6) is -1.94. The first-order valence-electron chi connectivity index (χ1n) is 26.9. The molecule has 1 aromatic heterocycles. The van der Waals surface area contributed by atoms with Crippen molar-refractivity contribution in [1.29, 1.82) is 0 Å². The van der Waals surface area contributed by atoms with Crippen LogP contribution in [0, 0.1) is 30.1 Å². The summed E-state index contributed by atoms with van der Waals surface area (Å²) in [6, 6.07) is 11.8. The molecule has 19 heteroatoms. The molecule has 0 unspecified atom stereocenters. The largest absolute Gasteiger partial charge is 0.444 e. The van der Waals surface area contributed by atoms with Crippen LogP contribution in [0.15, 0.2) is 54.0 Å². The molecule has 6 rings (SSSR count). The minimum Gasteiger partial charge on any atom is -0.444 e. The third-order valence-corrected chi connectivity index (χ3v) is 15.3. The molecule has 3 aliphatic rings. The number of nitrogens with one attached hydrogen (secondary N) is 4. The molecule has 1 aliphatic carbocycles. The predicted octanol–water partition coefficient (Wildman–Crippen LogP) is 6.08. The Morgan fingerprint density at radius 2 is 1.49 bits per heavy atom. The Bertz CT molecular complexity index is 2500. The number of carbonyl (C=O) groups is 7. The molecule has 3 aromatic rings. The number of thiazole rings is 1. The minimum absolute atomic E-state index is 0.00102. The maximum atomic E-state index is 14.1. The van der Waals surface area contributed by atoms with Gasteiger partial charge in [0.1, 0.15) is 29.8 Å². The second-order valence-electron chi connectivity index (χ2n) is 23.5. The van der Waals surface area contributed by atoms with Gasteiger partial charge < -0.3 is 51.4 Å². The Labute approximate surface area is 452 Å². The Morgan fingerprint density at radius 3 is 2.11 bits per heavy atom. The maximum absolute atomic E-state index is 14.1. The van der Waals surface area contributed by atoms with E-state index < -0.39 is 71.3 Å². The summed E-state index contributed by atoms with van der Waals surface area (Å²) in [5, 5.41) is 22.4. The van der Waals surface area contributed by atoms with Gasteiger partial charge in [0.15, 0.2) is 0 Å². The number of aliphatic hydroxyl groups excluding tert-OH is 1. The van der Waals surface area contributed by atoms with Crippen LogP contribution in [-0.2, 0) is 57.8 Å². The first-order valence-corrected chi connectivity index (χ1v) is 27.8. The summed E-state index contributed by atoms with van der Waals surface area (Å²) in [7, 11) is 0. The summed E-state index contributed by atoms with van der Waals surface area (Å²) >= 11 is 1.57. The molecule has 416 valence electrons. The number of primary amides is 1. The molecule has 2 aliphatic heterocycles. The lowest BCUT2D eigenvalue weighted by atomic mass is 9.85. The fraction of sp³-hybridized carbons (Fsp3) is 0.614. The number of ether oxygens (including phenoxy) is 2. The SMILES string of the molecule is Cc1ncsc1-c1ccc(CNC(=O)[C@@H]2C[C@@H](O)CN2C(=O)[C@@H](NC(=O)CCCCc2ccc(CO[C@H](C)[C@H](CCC(N)=O)NC(=O)[C@@H]3[C@@H]4C[C@@H]4CN3C(=O)[C@H](CC(C)C)NC(=O)OC(C)(C)C)cc2)C(C)(C)C)cc1. The van der Waals surface area contributed by atoms with Crippen molar-refractivity contribution < 1.29 is 48.1 Å². The number of piperidine rings is 1. The monoisotopic (exact) mass is 1070 g/mol. The number of rotatable bonds is 24. The third kappa shape index (κ3) is 16.8. The highest BCUT2D eigenvalue weighted by atomic mass is 32.1. The van der Waals surface area contributed by atoms with Gasteiger partial charge in [-0.2, -0.15) is 0 Å². The second-order valence-corrected chi connectivity index (χ2v) is 24.4. The van der Waals surface area contributed by atoms with Crippen molar-refractivity contribution in [3.05, 3.63) is 76.4 Å². The number of carbonyl (C=O) groups excluding carboxylic acids is 7. The average Bonchev–Trinajstić information content (AvgIpc) is 3.58. The van der Waals surface area contributed by atoms with E-state index in [1.165, 1.54) is 4.90 Å². The van der Waals surface area contributed by atoms with Gasteiger partial charge in [-0.3, -0.25) is 28.8 Å². The van der Waals surface area contributed by atoms with Crippen LogP contribution in [0.5, 0.6) is 0 Å². The van der Waals surface area contributed by atoms with Gasteiger partial charge in [0.25, 0.3) is 0 Å². The lowest BCUT2D eigenvalue weighted by molar-refractivity contribution is -0.144. The van der Waals surface area contributed by atoms with Crippen LogP contribution in [0.1, 0.15) is 136 Å². The zero-order valence-corrected chi connectivity index (χ0v) is 46.9. The van der Waals surface area contributed by atoms with Crippen molar-refractivity contribution in [2.75, 3.05) is 13.1 Å². The van der Waals surface area contributed by atoms with Crippen LogP contribution in [0.25, 0.3) is 10.4 Å².